The van der Waals surface area contributed by atoms with Crippen LogP contribution in [0.2, 0.25) is 0 Å². The zero-order valence-electron chi connectivity index (χ0n) is 15.9. The number of ether oxygens (including phenoxy) is 1. The number of aryl methyl sites for hydroxylation is 1. The second-order valence-corrected chi connectivity index (χ2v) is 8.00. The first-order chi connectivity index (χ1) is 12.8. The summed E-state index contributed by atoms with van der Waals surface area (Å²) in [5.74, 6) is 0. The van der Waals surface area contributed by atoms with Crippen LogP contribution in [-0.2, 0) is 18.3 Å². The van der Waals surface area contributed by atoms with Gasteiger partial charge in [-0.3, -0.25) is 4.68 Å². The molecule has 140 valence electrons. The summed E-state index contributed by atoms with van der Waals surface area (Å²) in [7, 11) is 1.96. The first-order valence-electron chi connectivity index (χ1n) is 10.2. The fourth-order valence-corrected chi connectivity index (χ4v) is 4.39. The molecule has 2 aromatic rings. The molecular formula is C22H31N3O. The molecule has 0 bridgehead atoms. The summed E-state index contributed by atoms with van der Waals surface area (Å²) in [6.07, 6.45) is 15.2. The Balaban J connectivity index is 1.24. The van der Waals surface area contributed by atoms with Gasteiger partial charge in [0.2, 0.25) is 0 Å². The summed E-state index contributed by atoms with van der Waals surface area (Å²) in [5, 5.41) is 8.03. The van der Waals surface area contributed by atoms with Gasteiger partial charge in [-0.25, -0.2) is 0 Å². The van der Waals surface area contributed by atoms with Gasteiger partial charge in [0.05, 0.1) is 18.4 Å². The first-order valence-corrected chi connectivity index (χ1v) is 10.2. The number of nitrogens with one attached hydrogen (secondary N) is 1. The highest BCUT2D eigenvalue weighted by Crippen LogP contribution is 2.28. The second kappa shape index (κ2) is 8.36. The summed E-state index contributed by atoms with van der Waals surface area (Å²) in [6, 6.07) is 9.42. The van der Waals surface area contributed by atoms with E-state index >= 15 is 0 Å². The van der Waals surface area contributed by atoms with Crippen molar-refractivity contribution in [1.29, 1.82) is 0 Å². The Labute approximate surface area is 156 Å². The van der Waals surface area contributed by atoms with E-state index in [1.54, 1.807) is 0 Å². The Hall–Kier alpha value is -1.65. The highest BCUT2D eigenvalue weighted by Gasteiger charge is 2.25. The van der Waals surface area contributed by atoms with Crippen molar-refractivity contribution in [3.8, 4) is 11.1 Å². The van der Waals surface area contributed by atoms with E-state index in [1.165, 1.54) is 68.1 Å². The number of aromatic nitrogens is 2. The summed E-state index contributed by atoms with van der Waals surface area (Å²) >= 11 is 0. The Bertz CT molecular complexity index is 697. The quantitative estimate of drug-likeness (QED) is 0.834. The summed E-state index contributed by atoms with van der Waals surface area (Å²) in [4.78, 5) is 0. The van der Waals surface area contributed by atoms with Gasteiger partial charge in [0, 0.05) is 31.4 Å². The van der Waals surface area contributed by atoms with Gasteiger partial charge in [0.15, 0.2) is 0 Å². The number of hydrogen-bond donors (Lipinski definition) is 1. The van der Waals surface area contributed by atoms with Crippen LogP contribution >= 0.6 is 0 Å². The fourth-order valence-electron chi connectivity index (χ4n) is 4.39. The first kappa shape index (κ1) is 17.7. The molecule has 26 heavy (non-hydrogen) atoms. The van der Waals surface area contributed by atoms with Gasteiger partial charge in [-0.1, -0.05) is 31.0 Å². The molecule has 2 saturated carbocycles. The summed E-state index contributed by atoms with van der Waals surface area (Å²) in [5.41, 5.74) is 3.76. The molecule has 0 amide bonds. The predicted octanol–water partition coefficient (Wildman–Crippen LogP) is 4.45. The Morgan fingerprint density at radius 1 is 1.04 bits per heavy atom. The molecule has 1 aromatic carbocycles. The minimum Gasteiger partial charge on any atom is -0.375 e. The number of rotatable bonds is 6. The smallest absolute Gasteiger partial charge is 0.0580 e. The molecule has 0 atom stereocenters. The van der Waals surface area contributed by atoms with Crippen molar-refractivity contribution in [2.24, 2.45) is 7.05 Å². The van der Waals surface area contributed by atoms with E-state index in [0.717, 1.165) is 6.54 Å². The summed E-state index contributed by atoms with van der Waals surface area (Å²) in [6.45, 7) is 0.937. The SMILES string of the molecule is Cn1cc(-c2cccc(CNC3CCC(OC4CCCC4)CC3)c2)cn1. The third-order valence-electron chi connectivity index (χ3n) is 5.92. The van der Waals surface area contributed by atoms with Gasteiger partial charge in [0.1, 0.15) is 0 Å². The fraction of sp³-hybridized carbons (Fsp3) is 0.591. The van der Waals surface area contributed by atoms with E-state index in [4.69, 9.17) is 4.74 Å². The minimum absolute atomic E-state index is 0.505. The lowest BCUT2D eigenvalue weighted by atomic mass is 9.92. The molecule has 4 rings (SSSR count). The molecule has 2 aliphatic rings. The standard InChI is InChI=1S/C22H31N3O/c1-25-16-19(15-24-25)18-6-4-5-17(13-18)14-23-20-9-11-22(12-10-20)26-21-7-2-3-8-21/h4-6,13,15-16,20-23H,2-3,7-12,14H2,1H3. The lowest BCUT2D eigenvalue weighted by Gasteiger charge is -2.31. The van der Waals surface area contributed by atoms with Crippen molar-refractivity contribution in [2.45, 2.75) is 76.2 Å². The molecule has 1 aromatic heterocycles. The third-order valence-corrected chi connectivity index (χ3v) is 5.92. The van der Waals surface area contributed by atoms with Gasteiger partial charge in [-0.15, -0.1) is 0 Å². The largest absolute Gasteiger partial charge is 0.375 e. The molecule has 4 nitrogen and oxygen atoms in total. The molecule has 0 spiro atoms. The zero-order chi connectivity index (χ0) is 17.8. The number of hydrogen-bond acceptors (Lipinski definition) is 3. The monoisotopic (exact) mass is 353 g/mol. The van der Waals surface area contributed by atoms with Crippen molar-refractivity contribution in [3.63, 3.8) is 0 Å². The van der Waals surface area contributed by atoms with Crippen LogP contribution in [0, 0.1) is 0 Å². The van der Waals surface area contributed by atoms with Crippen molar-refractivity contribution in [3.05, 3.63) is 42.2 Å². The lowest BCUT2D eigenvalue weighted by Crippen LogP contribution is -2.36. The minimum atomic E-state index is 0.505. The molecule has 0 unspecified atom stereocenters. The summed E-state index contributed by atoms with van der Waals surface area (Å²) < 4.78 is 8.15. The highest BCUT2D eigenvalue weighted by molar-refractivity contribution is 5.62. The van der Waals surface area contributed by atoms with E-state index in [-0.39, 0.29) is 0 Å². The molecule has 1 heterocycles. The maximum Gasteiger partial charge on any atom is 0.0580 e. The molecule has 4 heteroatoms. The van der Waals surface area contributed by atoms with E-state index in [9.17, 15) is 0 Å². The van der Waals surface area contributed by atoms with Crippen LogP contribution in [0.5, 0.6) is 0 Å². The van der Waals surface area contributed by atoms with E-state index < -0.39 is 0 Å². The Morgan fingerprint density at radius 3 is 2.54 bits per heavy atom. The average molecular weight is 354 g/mol. The van der Waals surface area contributed by atoms with Gasteiger partial charge in [0.25, 0.3) is 0 Å². The highest BCUT2D eigenvalue weighted by atomic mass is 16.5. The van der Waals surface area contributed by atoms with Crippen LogP contribution in [0.1, 0.15) is 56.9 Å². The molecule has 2 fully saturated rings. The lowest BCUT2D eigenvalue weighted by molar-refractivity contribution is -0.0297. The van der Waals surface area contributed by atoms with Gasteiger partial charge in [-0.2, -0.15) is 5.10 Å². The predicted molar refractivity (Wildman–Crippen MR) is 105 cm³/mol. The second-order valence-electron chi connectivity index (χ2n) is 8.00. The Kier molecular flexibility index (Phi) is 5.71. The van der Waals surface area contributed by atoms with Gasteiger partial charge in [-0.05, 0) is 55.7 Å². The molecular weight excluding hydrogens is 322 g/mol. The maximum absolute atomic E-state index is 6.29. The van der Waals surface area contributed by atoms with Crippen LogP contribution < -0.4 is 5.32 Å². The maximum atomic E-state index is 6.29. The van der Waals surface area contributed by atoms with Crippen molar-refractivity contribution in [1.82, 2.24) is 15.1 Å². The molecule has 1 N–H and O–H groups in total. The third kappa shape index (κ3) is 4.54. The Morgan fingerprint density at radius 2 is 1.81 bits per heavy atom. The van der Waals surface area contributed by atoms with E-state index in [0.29, 0.717) is 18.2 Å². The number of nitrogens with zero attached hydrogens (tertiary/aromatic N) is 2. The van der Waals surface area contributed by atoms with Crippen LogP contribution in [0.25, 0.3) is 11.1 Å². The topological polar surface area (TPSA) is 39.1 Å². The van der Waals surface area contributed by atoms with Crippen molar-refractivity contribution >= 4 is 0 Å². The van der Waals surface area contributed by atoms with Crippen molar-refractivity contribution in [2.75, 3.05) is 0 Å². The van der Waals surface area contributed by atoms with Crippen LogP contribution in [-0.4, -0.2) is 28.0 Å². The van der Waals surface area contributed by atoms with E-state index in [1.807, 2.05) is 17.9 Å². The molecule has 0 aliphatic heterocycles. The van der Waals surface area contributed by atoms with Gasteiger partial charge >= 0.3 is 0 Å². The van der Waals surface area contributed by atoms with Crippen molar-refractivity contribution < 1.29 is 4.74 Å². The molecule has 0 saturated heterocycles. The number of benzene rings is 1. The molecule has 2 aliphatic carbocycles. The van der Waals surface area contributed by atoms with Crippen LogP contribution in [0.15, 0.2) is 36.7 Å². The zero-order valence-corrected chi connectivity index (χ0v) is 15.9. The van der Waals surface area contributed by atoms with Crippen LogP contribution in [0.3, 0.4) is 0 Å². The normalized spacial score (nSPS) is 24.2. The van der Waals surface area contributed by atoms with E-state index in [2.05, 4.69) is 40.9 Å². The average Bonchev–Trinajstić information content (AvgIpc) is 3.33. The van der Waals surface area contributed by atoms with Gasteiger partial charge < -0.3 is 10.1 Å². The van der Waals surface area contributed by atoms with Crippen LogP contribution in [0.4, 0.5) is 0 Å². The molecule has 0 radical (unpaired) electrons.